The molecule has 0 radical (unpaired) electrons. The number of likely N-dealkylation sites (N-methyl/N-ethyl adjacent to an activating group) is 1. The standard InChI is InChI=1S/C6H12N4O2/c1-4(9-10-7)5(8-2)6(11)12-3/h4-5,8H,1-3H3/t4-,5-/m0/s1. The van der Waals surface area contributed by atoms with Crippen molar-refractivity contribution in [2.45, 2.75) is 19.0 Å². The van der Waals surface area contributed by atoms with Crippen LogP contribution in [0.4, 0.5) is 0 Å². The molecule has 0 aromatic rings. The highest BCUT2D eigenvalue weighted by molar-refractivity contribution is 5.76. The summed E-state index contributed by atoms with van der Waals surface area (Å²) in [4.78, 5) is 13.6. The molecule has 2 atom stereocenters. The second kappa shape index (κ2) is 5.40. The van der Waals surface area contributed by atoms with Gasteiger partial charge in [0.1, 0.15) is 6.04 Å². The van der Waals surface area contributed by atoms with Gasteiger partial charge < -0.3 is 10.1 Å². The lowest BCUT2D eigenvalue weighted by Crippen LogP contribution is -2.42. The second-order valence-corrected chi connectivity index (χ2v) is 2.24. The number of carbonyl (C=O) groups excluding carboxylic acids is 1. The van der Waals surface area contributed by atoms with Crippen LogP contribution in [0.3, 0.4) is 0 Å². The summed E-state index contributed by atoms with van der Waals surface area (Å²) < 4.78 is 4.49. The quantitative estimate of drug-likeness (QED) is 0.289. The Bertz CT molecular complexity index is 200. The minimum Gasteiger partial charge on any atom is -0.468 e. The molecule has 0 aliphatic heterocycles. The second-order valence-electron chi connectivity index (χ2n) is 2.24. The van der Waals surface area contributed by atoms with Crippen molar-refractivity contribution in [3.05, 3.63) is 10.4 Å². The first-order chi connectivity index (χ1) is 5.67. The molecule has 0 rings (SSSR count). The summed E-state index contributed by atoms with van der Waals surface area (Å²) in [5, 5.41) is 6.08. The van der Waals surface area contributed by atoms with Gasteiger partial charge in [0.25, 0.3) is 0 Å². The Morgan fingerprint density at radius 3 is 2.67 bits per heavy atom. The van der Waals surface area contributed by atoms with E-state index in [9.17, 15) is 4.79 Å². The molecule has 68 valence electrons. The number of hydrogen-bond acceptors (Lipinski definition) is 4. The van der Waals surface area contributed by atoms with Gasteiger partial charge >= 0.3 is 5.97 Å². The zero-order valence-electron chi connectivity index (χ0n) is 7.31. The molecular weight excluding hydrogens is 160 g/mol. The lowest BCUT2D eigenvalue weighted by atomic mass is 10.1. The van der Waals surface area contributed by atoms with E-state index < -0.39 is 18.1 Å². The largest absolute Gasteiger partial charge is 0.468 e. The minimum atomic E-state index is -0.578. The maximum absolute atomic E-state index is 11.0. The fourth-order valence-electron chi connectivity index (χ4n) is 0.831. The first kappa shape index (κ1) is 10.7. The van der Waals surface area contributed by atoms with E-state index in [-0.39, 0.29) is 0 Å². The van der Waals surface area contributed by atoms with E-state index in [2.05, 4.69) is 20.1 Å². The van der Waals surface area contributed by atoms with Crippen LogP contribution >= 0.6 is 0 Å². The van der Waals surface area contributed by atoms with Gasteiger partial charge in [0, 0.05) is 4.91 Å². The van der Waals surface area contributed by atoms with Crippen LogP contribution in [0, 0.1) is 0 Å². The topological polar surface area (TPSA) is 87.1 Å². The number of hydrogen-bond donors (Lipinski definition) is 1. The molecule has 0 spiro atoms. The molecule has 0 aromatic heterocycles. The average molecular weight is 172 g/mol. The number of azide groups is 1. The monoisotopic (exact) mass is 172 g/mol. The zero-order chi connectivity index (χ0) is 9.56. The number of nitrogens with zero attached hydrogens (tertiary/aromatic N) is 3. The Hall–Kier alpha value is -1.26. The molecule has 12 heavy (non-hydrogen) atoms. The van der Waals surface area contributed by atoms with Crippen molar-refractivity contribution in [3.63, 3.8) is 0 Å². The molecule has 0 amide bonds. The summed E-state index contributed by atoms with van der Waals surface area (Å²) in [7, 11) is 2.89. The van der Waals surface area contributed by atoms with Crippen molar-refractivity contribution in [1.29, 1.82) is 0 Å². The maximum atomic E-state index is 11.0. The number of esters is 1. The summed E-state index contributed by atoms with van der Waals surface area (Å²) in [6, 6.07) is -1.03. The van der Waals surface area contributed by atoms with Crippen LogP contribution < -0.4 is 5.32 Å². The third-order valence-electron chi connectivity index (χ3n) is 1.48. The van der Waals surface area contributed by atoms with E-state index in [0.29, 0.717) is 0 Å². The van der Waals surface area contributed by atoms with Crippen molar-refractivity contribution >= 4 is 5.97 Å². The van der Waals surface area contributed by atoms with Gasteiger partial charge in [-0.25, -0.2) is 0 Å². The fourth-order valence-corrected chi connectivity index (χ4v) is 0.831. The van der Waals surface area contributed by atoms with Crippen molar-refractivity contribution in [2.75, 3.05) is 14.2 Å². The van der Waals surface area contributed by atoms with Crippen LogP contribution in [0.1, 0.15) is 6.92 Å². The summed E-state index contributed by atoms with van der Waals surface area (Å²) in [6.07, 6.45) is 0. The molecule has 0 saturated heterocycles. The number of nitrogens with one attached hydrogen (secondary N) is 1. The zero-order valence-corrected chi connectivity index (χ0v) is 7.31. The van der Waals surface area contributed by atoms with E-state index in [1.807, 2.05) is 0 Å². The molecule has 1 N–H and O–H groups in total. The molecule has 6 nitrogen and oxygen atoms in total. The van der Waals surface area contributed by atoms with Gasteiger partial charge in [-0.15, -0.1) is 0 Å². The normalized spacial score (nSPS) is 14.2. The van der Waals surface area contributed by atoms with Gasteiger partial charge in [-0.2, -0.15) is 0 Å². The van der Waals surface area contributed by atoms with Gasteiger partial charge in [-0.1, -0.05) is 12.0 Å². The van der Waals surface area contributed by atoms with E-state index in [1.165, 1.54) is 7.11 Å². The summed E-state index contributed by atoms with van der Waals surface area (Å²) >= 11 is 0. The fraction of sp³-hybridized carbons (Fsp3) is 0.833. The van der Waals surface area contributed by atoms with Crippen LogP contribution in [0.5, 0.6) is 0 Å². The van der Waals surface area contributed by atoms with Crippen LogP contribution in [0.2, 0.25) is 0 Å². The lowest BCUT2D eigenvalue weighted by molar-refractivity contribution is -0.143. The average Bonchev–Trinajstić information content (AvgIpc) is 2.06. The molecule has 0 bridgehead atoms. The van der Waals surface area contributed by atoms with Gasteiger partial charge in [-0.05, 0) is 12.6 Å². The number of ether oxygens (including phenoxy) is 1. The lowest BCUT2D eigenvalue weighted by Gasteiger charge is -2.16. The predicted octanol–water partition coefficient (Wildman–Crippen LogP) is 0.446. The minimum absolute atomic E-state index is 0.433. The number of carbonyl (C=O) groups is 1. The van der Waals surface area contributed by atoms with Crippen molar-refractivity contribution < 1.29 is 9.53 Å². The summed E-state index contributed by atoms with van der Waals surface area (Å²) in [5.41, 5.74) is 8.11. The first-order valence-corrected chi connectivity index (χ1v) is 3.46. The van der Waals surface area contributed by atoms with E-state index >= 15 is 0 Å². The number of rotatable bonds is 4. The van der Waals surface area contributed by atoms with Gasteiger partial charge in [-0.3, -0.25) is 4.79 Å². The first-order valence-electron chi connectivity index (χ1n) is 3.46. The van der Waals surface area contributed by atoms with Crippen LogP contribution in [0.15, 0.2) is 5.11 Å². The van der Waals surface area contributed by atoms with Crippen LogP contribution in [0.25, 0.3) is 10.4 Å². The molecule has 0 fully saturated rings. The molecular formula is C6H12N4O2. The highest BCUT2D eigenvalue weighted by Crippen LogP contribution is 1.99. The Morgan fingerprint density at radius 2 is 2.33 bits per heavy atom. The third kappa shape index (κ3) is 2.77. The SMILES string of the molecule is CN[C@H](C(=O)OC)[C@H](C)N=[N+]=[N-]. The van der Waals surface area contributed by atoms with Crippen LogP contribution in [-0.2, 0) is 9.53 Å². The molecule has 6 heteroatoms. The molecule has 0 aliphatic carbocycles. The van der Waals surface area contributed by atoms with Gasteiger partial charge in [0.05, 0.1) is 13.2 Å². The van der Waals surface area contributed by atoms with E-state index in [0.717, 1.165) is 0 Å². The van der Waals surface area contributed by atoms with Crippen molar-refractivity contribution in [2.24, 2.45) is 5.11 Å². The highest BCUT2D eigenvalue weighted by Gasteiger charge is 2.22. The molecule has 0 saturated carbocycles. The Morgan fingerprint density at radius 1 is 1.75 bits per heavy atom. The Balaban J connectivity index is 4.32. The predicted molar refractivity (Wildman–Crippen MR) is 43.5 cm³/mol. The van der Waals surface area contributed by atoms with E-state index in [1.54, 1.807) is 14.0 Å². The van der Waals surface area contributed by atoms with Crippen molar-refractivity contribution in [1.82, 2.24) is 5.32 Å². The highest BCUT2D eigenvalue weighted by atomic mass is 16.5. The Kier molecular flexibility index (Phi) is 4.83. The van der Waals surface area contributed by atoms with Crippen LogP contribution in [-0.4, -0.2) is 32.2 Å². The molecule has 0 heterocycles. The molecule has 0 unspecified atom stereocenters. The van der Waals surface area contributed by atoms with Gasteiger partial charge in [0.15, 0.2) is 0 Å². The molecule has 0 aliphatic rings. The molecule has 0 aromatic carbocycles. The Labute approximate surface area is 70.5 Å². The number of methoxy groups -OCH3 is 1. The van der Waals surface area contributed by atoms with Crippen molar-refractivity contribution in [3.8, 4) is 0 Å². The summed E-state index contributed by atoms with van der Waals surface area (Å²) in [5.74, 6) is -0.433. The smallest absolute Gasteiger partial charge is 0.323 e. The summed E-state index contributed by atoms with van der Waals surface area (Å²) in [6.45, 7) is 1.64. The van der Waals surface area contributed by atoms with Gasteiger partial charge in [0.2, 0.25) is 0 Å². The maximum Gasteiger partial charge on any atom is 0.323 e. The van der Waals surface area contributed by atoms with E-state index in [4.69, 9.17) is 5.53 Å². The third-order valence-corrected chi connectivity index (χ3v) is 1.48.